The number of benzene rings is 1. The first-order chi connectivity index (χ1) is 11.0. The quantitative estimate of drug-likeness (QED) is 0.278. The third-order valence-electron chi connectivity index (χ3n) is 2.72. The van der Waals surface area contributed by atoms with Crippen molar-refractivity contribution in [2.45, 2.75) is 24.0 Å². The van der Waals surface area contributed by atoms with Crippen molar-refractivity contribution in [2.75, 3.05) is 0 Å². The zero-order chi connectivity index (χ0) is 20.0. The van der Waals surface area contributed by atoms with E-state index in [-0.39, 0.29) is 9.13 Å². The molecule has 0 aliphatic heterocycles. The van der Waals surface area contributed by atoms with Gasteiger partial charge in [0.25, 0.3) is 5.91 Å². The lowest BCUT2D eigenvalue weighted by atomic mass is 10.2. The molecule has 0 saturated heterocycles. The van der Waals surface area contributed by atoms with Crippen LogP contribution in [0.3, 0.4) is 0 Å². The minimum Gasteiger partial charge on any atom is -0.268 e. The normalized spacial score (nSPS) is 13.7. The van der Waals surface area contributed by atoms with Crippen LogP contribution in [-0.2, 0) is 10.0 Å². The van der Waals surface area contributed by atoms with Crippen molar-refractivity contribution in [1.29, 1.82) is 0 Å². The Kier molecular flexibility index (Phi) is 6.98. The molecule has 4 nitrogen and oxygen atoms in total. The fourth-order valence-corrected chi connectivity index (χ4v) is 4.79. The van der Waals surface area contributed by atoms with Crippen LogP contribution in [0.5, 0.6) is 0 Å². The largest absolute Gasteiger partial charge is 0.431 e. The molecular weight excluding hydrogens is 721 g/mol. The molecule has 0 fully saturated rings. The lowest BCUT2D eigenvalue weighted by molar-refractivity contribution is -0.271. The number of carbonyl (C=O) groups is 1. The Bertz CT molecular complexity index is 810. The van der Waals surface area contributed by atoms with E-state index < -0.39 is 40.0 Å². The molecule has 0 bridgehead atoms. The lowest BCUT2D eigenvalue weighted by Gasteiger charge is -2.30. The molecule has 0 aliphatic carbocycles. The fraction of sp³-hybridized carbons (Fsp3) is 0.364. The predicted molar refractivity (Wildman–Crippen MR) is 101 cm³/mol. The van der Waals surface area contributed by atoms with E-state index >= 15 is 0 Å². The van der Waals surface area contributed by atoms with Gasteiger partial charge in [0.1, 0.15) is 0 Å². The van der Waals surface area contributed by atoms with Gasteiger partial charge in [-0.05, 0) is 79.9 Å². The second-order valence-corrected chi connectivity index (χ2v) is 9.87. The van der Waals surface area contributed by atoms with Crippen LogP contribution in [0.2, 0.25) is 0 Å². The Morgan fingerprint density at radius 3 is 1.96 bits per heavy atom. The van der Waals surface area contributed by atoms with E-state index in [1.165, 1.54) is 0 Å². The summed E-state index contributed by atoms with van der Waals surface area (Å²) in [5.74, 6) is -13.2. The van der Waals surface area contributed by atoms with Gasteiger partial charge < -0.3 is 0 Å². The van der Waals surface area contributed by atoms with E-state index in [2.05, 4.69) is 0 Å². The Morgan fingerprint density at radius 2 is 1.52 bits per heavy atom. The van der Waals surface area contributed by atoms with Crippen molar-refractivity contribution in [3.05, 3.63) is 28.4 Å². The highest BCUT2D eigenvalue weighted by Crippen LogP contribution is 2.47. The number of halogens is 9. The van der Waals surface area contributed by atoms with Gasteiger partial charge in [-0.3, -0.25) is 4.79 Å². The van der Waals surface area contributed by atoms with Gasteiger partial charge in [0.15, 0.2) is 0 Å². The molecule has 0 heterocycles. The van der Waals surface area contributed by atoms with Crippen LogP contribution in [0.25, 0.3) is 0 Å². The topological polar surface area (TPSA) is 63.2 Å². The van der Waals surface area contributed by atoms with Crippen LogP contribution in [0, 0.1) is 10.7 Å². The molecule has 1 amide bonds. The number of sulfonamides is 1. The zero-order valence-electron chi connectivity index (χ0n) is 11.7. The summed E-state index contributed by atoms with van der Waals surface area (Å²) in [5.41, 5.74) is -0.386. The number of hydrogen-bond donors (Lipinski definition) is 1. The van der Waals surface area contributed by atoms with Crippen molar-refractivity contribution in [3.63, 3.8) is 0 Å². The van der Waals surface area contributed by atoms with Crippen molar-refractivity contribution in [3.8, 4) is 0 Å². The molecule has 0 spiro atoms. The molecule has 0 aromatic heterocycles. The van der Waals surface area contributed by atoms with Gasteiger partial charge in [-0.15, -0.1) is 0 Å². The fourth-order valence-electron chi connectivity index (χ4n) is 1.39. The van der Waals surface area contributed by atoms with Crippen molar-refractivity contribution < 1.29 is 39.6 Å². The van der Waals surface area contributed by atoms with Gasteiger partial charge in [0.05, 0.1) is 5.56 Å². The summed E-state index contributed by atoms with van der Waals surface area (Å²) in [7, 11) is -6.46. The minimum atomic E-state index is -6.46. The van der Waals surface area contributed by atoms with E-state index in [0.29, 0.717) is 7.14 Å². The van der Waals surface area contributed by atoms with Crippen LogP contribution in [0.1, 0.15) is 17.3 Å². The first-order valence-corrected chi connectivity index (χ1v) is 10.5. The van der Waals surface area contributed by atoms with Crippen LogP contribution in [-0.4, -0.2) is 31.4 Å². The van der Waals surface area contributed by atoms with Gasteiger partial charge in [0.2, 0.25) is 0 Å². The lowest BCUT2D eigenvalue weighted by Crippen LogP contribution is -2.60. The summed E-state index contributed by atoms with van der Waals surface area (Å²) in [5, 5.41) is -6.23. The number of rotatable bonds is 5. The van der Waals surface area contributed by atoms with Crippen LogP contribution >= 0.6 is 67.8 Å². The van der Waals surface area contributed by atoms with Crippen LogP contribution < -0.4 is 4.72 Å². The standard InChI is InChI=1S/C11H6F6I3NO3S/c1-9(12,13)10(14,15)11(16,17)25(23,24)21-8(22)5-2-4(18)3-6(19)7(5)20/h2-3H,1H3,(H,21,22). The van der Waals surface area contributed by atoms with Crippen molar-refractivity contribution >= 4 is 83.7 Å². The maximum atomic E-state index is 13.6. The first-order valence-electron chi connectivity index (χ1n) is 5.80. The molecule has 0 unspecified atom stereocenters. The Balaban J connectivity index is 3.32. The van der Waals surface area contributed by atoms with Crippen molar-refractivity contribution in [2.24, 2.45) is 0 Å². The summed E-state index contributed by atoms with van der Waals surface area (Å²) in [6.07, 6.45) is 0. The van der Waals surface area contributed by atoms with E-state index in [9.17, 15) is 39.6 Å². The van der Waals surface area contributed by atoms with Crippen molar-refractivity contribution in [1.82, 2.24) is 4.72 Å². The monoisotopic (exact) mass is 727 g/mol. The third-order valence-corrected chi connectivity index (χ3v) is 7.77. The van der Waals surface area contributed by atoms with E-state index in [4.69, 9.17) is 0 Å². The first kappa shape index (κ1) is 23.4. The average molecular weight is 727 g/mol. The number of hydrogen-bond acceptors (Lipinski definition) is 3. The van der Waals surface area contributed by atoms with Crippen LogP contribution in [0.15, 0.2) is 12.1 Å². The molecule has 0 aliphatic rings. The molecule has 0 atom stereocenters. The molecule has 14 heteroatoms. The van der Waals surface area contributed by atoms with E-state index in [1.54, 1.807) is 73.8 Å². The Hall–Kier alpha value is 0.410. The van der Waals surface area contributed by atoms with Gasteiger partial charge >= 0.3 is 27.1 Å². The molecule has 1 aromatic carbocycles. The van der Waals surface area contributed by atoms with Gasteiger partial charge in [-0.2, -0.15) is 34.8 Å². The Labute approximate surface area is 179 Å². The van der Waals surface area contributed by atoms with Gasteiger partial charge in [-0.1, -0.05) is 0 Å². The number of carbonyl (C=O) groups excluding carboxylic acids is 1. The van der Waals surface area contributed by atoms with Gasteiger partial charge in [-0.25, -0.2) is 4.72 Å². The van der Waals surface area contributed by atoms with Gasteiger partial charge in [0, 0.05) is 17.6 Å². The molecule has 142 valence electrons. The second-order valence-electron chi connectivity index (χ2n) is 4.66. The number of amides is 1. The number of alkyl halides is 6. The molecule has 1 rings (SSSR count). The molecule has 0 saturated carbocycles. The highest BCUT2D eigenvalue weighted by Gasteiger charge is 2.76. The average Bonchev–Trinajstić information content (AvgIpc) is 2.40. The third kappa shape index (κ3) is 4.46. The summed E-state index contributed by atoms with van der Waals surface area (Å²) in [4.78, 5) is 11.9. The minimum absolute atomic E-state index is 0.169. The summed E-state index contributed by atoms with van der Waals surface area (Å²) in [6, 6.07) is 2.70. The SMILES string of the molecule is CC(F)(F)C(F)(F)C(F)(F)S(=O)(=O)NC(=O)c1cc(I)cc(I)c1I. The number of nitrogens with one attached hydrogen (secondary N) is 1. The Morgan fingerprint density at radius 1 is 1.04 bits per heavy atom. The smallest absolute Gasteiger partial charge is 0.268 e. The summed E-state index contributed by atoms with van der Waals surface area (Å²) < 4.78 is 104. The van der Waals surface area contributed by atoms with E-state index in [0.717, 1.165) is 10.8 Å². The zero-order valence-corrected chi connectivity index (χ0v) is 19.0. The van der Waals surface area contributed by atoms with Crippen LogP contribution in [0.4, 0.5) is 26.3 Å². The second kappa shape index (κ2) is 7.44. The predicted octanol–water partition coefficient (Wildman–Crippen LogP) is 4.44. The van der Waals surface area contributed by atoms with E-state index in [1.807, 2.05) is 0 Å². The molecule has 1 aromatic rings. The highest BCUT2D eigenvalue weighted by molar-refractivity contribution is 14.1. The highest BCUT2D eigenvalue weighted by atomic mass is 127. The summed E-state index contributed by atoms with van der Waals surface area (Å²) in [6.45, 7) is -0.552. The maximum Gasteiger partial charge on any atom is 0.431 e. The maximum absolute atomic E-state index is 13.6. The molecular formula is C11H6F6I3NO3S. The molecule has 0 radical (unpaired) electrons. The molecule has 1 N–H and O–H groups in total. The molecule has 25 heavy (non-hydrogen) atoms. The summed E-state index contributed by atoms with van der Waals surface area (Å²) >= 11 is 5.15.